The van der Waals surface area contributed by atoms with Gasteiger partial charge in [-0.1, -0.05) is 103 Å². The number of nitrogens with zero attached hydrogens (tertiary/aromatic N) is 2. The molecule has 0 bridgehead atoms. The van der Waals surface area contributed by atoms with Crippen molar-refractivity contribution in [2.75, 3.05) is 0 Å². The number of allylic oxidation sites excluding steroid dienone is 13. The maximum absolute atomic E-state index is 7.27. The zero-order chi connectivity index (χ0) is 37.0. The van der Waals surface area contributed by atoms with Crippen LogP contribution in [0, 0.1) is 11.8 Å². The standard InChI is InChI=1S/C51H54N4O/c1-5-16-33(17-6-1)36-28-29-38(44(30-36)51-53-49(34-18-7-2-8-19-34)52-50(54-51)35-20-9-3-10-21-35)40-25-15-26-41-43-31-46-42(32-47(43)56-48(40)41)39-24-13-14-27-45(39)55(46)37-22-11-4-12-23-37/h2-4,7-9,11,15-16,18-20,22,25-27,30-31,39,42,46-47,49,51,53H,1,5-6,10,12-14,17,21,23-24,28-29,32H2,(H,52,54). The molecule has 5 nitrogen and oxygen atoms in total. The Morgan fingerprint density at radius 3 is 2.46 bits per heavy atom. The molecule has 0 radical (unpaired) electrons. The molecule has 6 unspecified atom stereocenters. The van der Waals surface area contributed by atoms with Crippen molar-refractivity contribution >= 4 is 17.0 Å². The summed E-state index contributed by atoms with van der Waals surface area (Å²) < 4.78 is 7.27. The first-order valence-corrected chi connectivity index (χ1v) is 21.8. The van der Waals surface area contributed by atoms with Gasteiger partial charge in [-0.15, -0.1) is 0 Å². The van der Waals surface area contributed by atoms with Crippen LogP contribution in [0.1, 0.15) is 113 Å². The van der Waals surface area contributed by atoms with Crippen molar-refractivity contribution in [3.8, 4) is 5.75 Å². The van der Waals surface area contributed by atoms with Gasteiger partial charge < -0.3 is 15.0 Å². The number of likely N-dealkylation sites (tertiary alicyclic amines) is 1. The van der Waals surface area contributed by atoms with Crippen molar-refractivity contribution < 1.29 is 4.74 Å². The smallest absolute Gasteiger partial charge is 0.135 e. The maximum atomic E-state index is 7.27. The van der Waals surface area contributed by atoms with Gasteiger partial charge in [0, 0.05) is 34.0 Å². The summed E-state index contributed by atoms with van der Waals surface area (Å²) in [6.07, 6.45) is 40.0. The molecule has 1 saturated heterocycles. The Balaban J connectivity index is 1.01. The second-order valence-electron chi connectivity index (χ2n) is 17.2. The first kappa shape index (κ1) is 34.4. The van der Waals surface area contributed by atoms with Crippen LogP contribution in [-0.2, 0) is 0 Å². The average Bonchev–Trinajstić information content (AvgIpc) is 3.81. The minimum Gasteiger partial charge on any atom is -0.484 e. The summed E-state index contributed by atoms with van der Waals surface area (Å²) in [7, 11) is 0. The number of fused-ring (bicyclic) bond motifs is 6. The van der Waals surface area contributed by atoms with E-state index in [1.165, 1.54) is 95.2 Å². The summed E-state index contributed by atoms with van der Waals surface area (Å²) in [5.74, 6) is 3.32. The third-order valence-corrected chi connectivity index (χ3v) is 14.0. The van der Waals surface area contributed by atoms with E-state index in [1.54, 1.807) is 11.3 Å². The normalized spacial score (nSPS) is 30.6. The molecule has 5 heteroatoms. The van der Waals surface area contributed by atoms with Crippen LogP contribution >= 0.6 is 0 Å². The molecule has 2 aromatic rings. The first-order chi connectivity index (χ1) is 27.8. The third-order valence-electron chi connectivity index (χ3n) is 14.0. The Bertz CT molecular complexity index is 2240. The fourth-order valence-corrected chi connectivity index (χ4v) is 11.3. The lowest BCUT2D eigenvalue weighted by Gasteiger charge is -2.36. The lowest BCUT2D eigenvalue weighted by molar-refractivity contribution is 0.191. The number of hydrogen-bond donors (Lipinski definition) is 2. The van der Waals surface area contributed by atoms with E-state index in [1.807, 2.05) is 0 Å². The molecule has 6 atom stereocenters. The van der Waals surface area contributed by atoms with Crippen LogP contribution in [-0.4, -0.2) is 29.0 Å². The second-order valence-corrected chi connectivity index (χ2v) is 17.2. The lowest BCUT2D eigenvalue weighted by atomic mass is 9.75. The molecule has 0 amide bonds. The summed E-state index contributed by atoms with van der Waals surface area (Å²) in [6.45, 7) is 0. The van der Waals surface area contributed by atoms with Crippen LogP contribution in [0.2, 0.25) is 0 Å². The highest BCUT2D eigenvalue weighted by molar-refractivity contribution is 6.00. The molecule has 0 spiro atoms. The highest BCUT2D eigenvalue weighted by Crippen LogP contribution is 2.56. The summed E-state index contributed by atoms with van der Waals surface area (Å²) in [4.78, 5) is 8.08. The van der Waals surface area contributed by atoms with Gasteiger partial charge in [-0.05, 0) is 135 Å². The van der Waals surface area contributed by atoms with Crippen molar-refractivity contribution in [2.24, 2.45) is 16.8 Å². The predicted octanol–water partition coefficient (Wildman–Crippen LogP) is 11.3. The monoisotopic (exact) mass is 738 g/mol. The van der Waals surface area contributed by atoms with E-state index in [0.717, 1.165) is 56.5 Å². The predicted molar refractivity (Wildman–Crippen MR) is 228 cm³/mol. The van der Waals surface area contributed by atoms with Gasteiger partial charge in [0.2, 0.25) is 0 Å². The van der Waals surface area contributed by atoms with Crippen molar-refractivity contribution in [1.29, 1.82) is 0 Å². The summed E-state index contributed by atoms with van der Waals surface area (Å²) in [6, 6.07) is 18.2. The number of rotatable bonds is 6. The first-order valence-electron chi connectivity index (χ1n) is 21.8. The van der Waals surface area contributed by atoms with Crippen LogP contribution in [0.4, 0.5) is 0 Å². The van der Waals surface area contributed by atoms with E-state index in [9.17, 15) is 0 Å². The summed E-state index contributed by atoms with van der Waals surface area (Å²) in [5.41, 5.74) is 15.3. The quantitative estimate of drug-likeness (QED) is 0.310. The van der Waals surface area contributed by atoms with Gasteiger partial charge in [-0.2, -0.15) is 0 Å². The number of ether oxygens (including phenoxy) is 1. The molecule has 6 aliphatic carbocycles. The Kier molecular flexibility index (Phi) is 8.95. The van der Waals surface area contributed by atoms with Gasteiger partial charge >= 0.3 is 0 Å². The Morgan fingerprint density at radius 1 is 0.750 bits per heavy atom. The molecule has 0 aromatic heterocycles. The number of para-hydroxylation sites is 1. The van der Waals surface area contributed by atoms with Gasteiger partial charge in [0.1, 0.15) is 30.0 Å². The zero-order valence-corrected chi connectivity index (χ0v) is 32.6. The summed E-state index contributed by atoms with van der Waals surface area (Å²) >= 11 is 0. The average molecular weight is 739 g/mol. The highest BCUT2D eigenvalue weighted by Gasteiger charge is 2.51. The maximum Gasteiger partial charge on any atom is 0.135 e. The zero-order valence-electron chi connectivity index (χ0n) is 32.6. The van der Waals surface area contributed by atoms with Gasteiger partial charge in [-0.3, -0.25) is 5.32 Å². The van der Waals surface area contributed by atoms with E-state index >= 15 is 0 Å². The van der Waals surface area contributed by atoms with Crippen LogP contribution in [0.25, 0.3) is 11.1 Å². The SMILES string of the molecule is C1=CCCC(C2=NC(c3ccccc3)NC(C3=C(c4cccc5c4OC4CC6C7CCCC=C7N(C7=CC=CCC7)C6C=C54)CCC(C4=CCCCC4)=C3)N2)=C1. The van der Waals surface area contributed by atoms with Gasteiger partial charge in [0.05, 0.1) is 6.04 Å². The van der Waals surface area contributed by atoms with E-state index in [2.05, 4.69) is 125 Å². The van der Waals surface area contributed by atoms with Crippen LogP contribution in [0.5, 0.6) is 5.75 Å². The molecule has 3 heterocycles. The highest BCUT2D eigenvalue weighted by atomic mass is 16.5. The third kappa shape index (κ3) is 6.05. The van der Waals surface area contributed by atoms with Crippen molar-refractivity contribution in [1.82, 2.24) is 15.5 Å². The molecule has 284 valence electrons. The molecule has 2 N–H and O–H groups in total. The Labute approximate surface area is 332 Å². The minimum absolute atomic E-state index is 0.102. The fourth-order valence-electron chi connectivity index (χ4n) is 11.3. The molecule has 56 heavy (non-hydrogen) atoms. The molecule has 1 fully saturated rings. The number of hydrogen-bond acceptors (Lipinski definition) is 5. The summed E-state index contributed by atoms with van der Waals surface area (Å²) in [5, 5.41) is 7.96. The van der Waals surface area contributed by atoms with Crippen molar-refractivity contribution in [3.63, 3.8) is 0 Å². The Morgan fingerprint density at radius 2 is 1.62 bits per heavy atom. The minimum atomic E-state index is -0.146. The van der Waals surface area contributed by atoms with Crippen molar-refractivity contribution in [3.05, 3.63) is 160 Å². The molecule has 0 saturated carbocycles. The second kappa shape index (κ2) is 14.6. The molecule has 9 aliphatic rings. The van der Waals surface area contributed by atoms with Crippen LogP contribution in [0.15, 0.2) is 148 Å². The van der Waals surface area contributed by atoms with Gasteiger partial charge in [0.25, 0.3) is 0 Å². The topological polar surface area (TPSA) is 48.9 Å². The number of aliphatic imine (C=N–C) groups is 1. The van der Waals surface area contributed by atoms with Crippen molar-refractivity contribution in [2.45, 2.75) is 114 Å². The van der Waals surface area contributed by atoms with Crippen LogP contribution < -0.4 is 15.4 Å². The van der Waals surface area contributed by atoms with E-state index < -0.39 is 0 Å². The van der Waals surface area contributed by atoms with E-state index in [-0.39, 0.29) is 18.4 Å². The number of nitrogens with one attached hydrogen (secondary N) is 2. The van der Waals surface area contributed by atoms with Gasteiger partial charge in [0.15, 0.2) is 0 Å². The van der Waals surface area contributed by atoms with Gasteiger partial charge in [-0.25, -0.2) is 4.99 Å². The number of benzene rings is 2. The van der Waals surface area contributed by atoms with Crippen LogP contribution in [0.3, 0.4) is 0 Å². The molecule has 3 aliphatic heterocycles. The molecular formula is C51H54N4O. The molecule has 11 rings (SSSR count). The number of amidine groups is 1. The largest absolute Gasteiger partial charge is 0.484 e. The van der Waals surface area contributed by atoms with E-state index in [0.29, 0.717) is 17.9 Å². The fraction of sp³-hybridized carbons (Fsp3) is 0.392. The molecule has 2 aromatic carbocycles. The molecular weight excluding hydrogens is 685 g/mol. The Hall–Kier alpha value is -4.87. The van der Waals surface area contributed by atoms with E-state index in [4.69, 9.17) is 9.73 Å². The lowest BCUT2D eigenvalue weighted by Crippen LogP contribution is -2.52.